The van der Waals surface area contributed by atoms with Crippen LogP contribution in [0.5, 0.6) is 0 Å². The second-order valence-electron chi connectivity index (χ2n) is 4.59. The number of hydrogen-bond donors (Lipinski definition) is 2. The van der Waals surface area contributed by atoms with Crippen LogP contribution in [0.4, 0.5) is 5.69 Å². The van der Waals surface area contributed by atoms with E-state index >= 15 is 0 Å². The summed E-state index contributed by atoms with van der Waals surface area (Å²) in [5, 5.41) is 2.94. The number of rotatable bonds is 1. The molecule has 0 saturated carbocycles. The number of hydrogen-bond acceptors (Lipinski definition) is 5. The third-order valence-electron chi connectivity index (χ3n) is 3.13. The van der Waals surface area contributed by atoms with E-state index in [0.717, 1.165) is 14.6 Å². The molecule has 108 valence electrons. The molecule has 3 amide bonds. The quantitative estimate of drug-likeness (QED) is 0.744. The van der Waals surface area contributed by atoms with E-state index in [0.29, 0.717) is 10.6 Å². The number of nitrogens with two attached hydrogens (primary N) is 1. The zero-order chi connectivity index (χ0) is 15.1. The number of nitrogen functional groups attached to an aromatic ring is 1. The predicted octanol–water partition coefficient (Wildman–Crippen LogP) is 1.34. The molecule has 1 fully saturated rings. The average molecular weight is 368 g/mol. The highest BCUT2D eigenvalue weighted by atomic mass is 79.9. The number of nitrogens with zero attached hydrogens (tertiary/aromatic N) is 1. The van der Waals surface area contributed by atoms with Gasteiger partial charge in [-0.15, -0.1) is 11.3 Å². The highest BCUT2D eigenvalue weighted by molar-refractivity contribution is 9.10. The van der Waals surface area contributed by atoms with E-state index in [9.17, 15) is 14.4 Å². The first-order chi connectivity index (χ1) is 9.97. The summed E-state index contributed by atoms with van der Waals surface area (Å²) in [4.78, 5) is 36.8. The maximum absolute atomic E-state index is 12.5. The number of imide groups is 1. The Morgan fingerprint density at radius 3 is 2.57 bits per heavy atom. The molecular formula is C13H10BrN3O3S. The Labute approximate surface area is 132 Å². The zero-order valence-corrected chi connectivity index (χ0v) is 13.1. The highest BCUT2D eigenvalue weighted by Crippen LogP contribution is 2.38. The lowest BCUT2D eigenvalue weighted by atomic mass is 10.2. The van der Waals surface area contributed by atoms with Crippen LogP contribution < -0.4 is 11.1 Å². The van der Waals surface area contributed by atoms with Crippen LogP contribution in [-0.2, 0) is 9.59 Å². The minimum atomic E-state index is -0.486. The summed E-state index contributed by atoms with van der Waals surface area (Å²) in [6, 6.07) is 5.57. The number of amides is 3. The number of halogens is 1. The molecule has 6 nitrogen and oxygen atoms in total. The van der Waals surface area contributed by atoms with Gasteiger partial charge in [-0.3, -0.25) is 19.7 Å². The smallest absolute Gasteiger partial charge is 0.267 e. The summed E-state index contributed by atoms with van der Waals surface area (Å²) in [7, 11) is 0. The molecule has 1 aliphatic rings. The number of benzene rings is 1. The van der Waals surface area contributed by atoms with Crippen LogP contribution in [0.25, 0.3) is 10.1 Å². The fourth-order valence-electron chi connectivity index (χ4n) is 2.21. The minimum Gasteiger partial charge on any atom is -0.397 e. The number of thiophene rings is 1. The molecule has 0 bridgehead atoms. The lowest BCUT2D eigenvalue weighted by Gasteiger charge is -2.25. The second-order valence-corrected chi connectivity index (χ2v) is 6.50. The summed E-state index contributed by atoms with van der Waals surface area (Å²) >= 11 is 4.66. The normalized spacial score (nSPS) is 15.4. The van der Waals surface area contributed by atoms with Gasteiger partial charge >= 0.3 is 0 Å². The van der Waals surface area contributed by atoms with Crippen LogP contribution >= 0.6 is 27.3 Å². The maximum atomic E-state index is 12.5. The van der Waals surface area contributed by atoms with E-state index in [-0.39, 0.29) is 13.1 Å². The molecule has 1 aromatic carbocycles. The Hall–Kier alpha value is -1.93. The number of carbonyl (C=O) groups excluding carboxylic acids is 3. The van der Waals surface area contributed by atoms with Crippen LogP contribution in [0.1, 0.15) is 9.67 Å². The molecule has 8 heteroatoms. The predicted molar refractivity (Wildman–Crippen MR) is 83.0 cm³/mol. The van der Waals surface area contributed by atoms with E-state index in [2.05, 4.69) is 21.2 Å². The van der Waals surface area contributed by atoms with E-state index in [1.165, 1.54) is 16.2 Å². The number of fused-ring (bicyclic) bond motifs is 1. The lowest BCUT2D eigenvalue weighted by Crippen LogP contribution is -2.53. The van der Waals surface area contributed by atoms with Gasteiger partial charge in [-0.2, -0.15) is 0 Å². The van der Waals surface area contributed by atoms with Gasteiger partial charge in [0.2, 0.25) is 11.8 Å². The molecule has 1 aliphatic heterocycles. The number of carbonyl (C=O) groups is 3. The largest absolute Gasteiger partial charge is 0.397 e. The Morgan fingerprint density at radius 1 is 1.29 bits per heavy atom. The molecule has 0 radical (unpaired) electrons. The van der Waals surface area contributed by atoms with Crippen molar-refractivity contribution in [2.45, 2.75) is 0 Å². The molecule has 1 saturated heterocycles. The van der Waals surface area contributed by atoms with Gasteiger partial charge in [-0.1, -0.05) is 22.0 Å². The standard InChI is InChI=1S/C13H10BrN3O3S/c14-6-2-1-3-7-10(6)11(15)12(21-7)13(20)17-4-8(18)16-9(19)5-17/h1-3H,4-5,15H2,(H,16,18,19). The minimum absolute atomic E-state index is 0.139. The molecule has 2 heterocycles. The molecule has 21 heavy (non-hydrogen) atoms. The highest BCUT2D eigenvalue weighted by Gasteiger charge is 2.29. The van der Waals surface area contributed by atoms with Crippen molar-refractivity contribution in [3.8, 4) is 0 Å². The van der Waals surface area contributed by atoms with Gasteiger partial charge in [0, 0.05) is 14.6 Å². The monoisotopic (exact) mass is 367 g/mol. The van der Waals surface area contributed by atoms with Crippen molar-refractivity contribution in [2.24, 2.45) is 0 Å². The van der Waals surface area contributed by atoms with Crippen molar-refractivity contribution in [2.75, 3.05) is 18.8 Å². The summed E-state index contributed by atoms with van der Waals surface area (Å²) in [5.41, 5.74) is 6.43. The third kappa shape index (κ3) is 2.40. The van der Waals surface area contributed by atoms with Crippen molar-refractivity contribution in [3.63, 3.8) is 0 Å². The lowest BCUT2D eigenvalue weighted by molar-refractivity contribution is -0.135. The Bertz CT molecular complexity index is 770. The fraction of sp³-hybridized carbons (Fsp3) is 0.154. The van der Waals surface area contributed by atoms with Crippen LogP contribution in [0.15, 0.2) is 22.7 Å². The van der Waals surface area contributed by atoms with Crippen LogP contribution in [0, 0.1) is 0 Å². The molecule has 0 atom stereocenters. The first-order valence-corrected chi connectivity index (χ1v) is 7.66. The summed E-state index contributed by atoms with van der Waals surface area (Å²) < 4.78 is 1.68. The Balaban J connectivity index is 2.02. The van der Waals surface area contributed by atoms with Crippen LogP contribution in [0.3, 0.4) is 0 Å². The summed E-state index contributed by atoms with van der Waals surface area (Å²) in [6.07, 6.45) is 0. The van der Waals surface area contributed by atoms with Gasteiger partial charge in [0.25, 0.3) is 5.91 Å². The van der Waals surface area contributed by atoms with Crippen molar-refractivity contribution in [1.82, 2.24) is 10.2 Å². The molecule has 2 aromatic rings. The van der Waals surface area contributed by atoms with Gasteiger partial charge in [-0.05, 0) is 12.1 Å². The van der Waals surface area contributed by atoms with Gasteiger partial charge in [-0.25, -0.2) is 0 Å². The second kappa shape index (κ2) is 5.12. The topological polar surface area (TPSA) is 92.5 Å². The molecule has 0 unspecified atom stereocenters. The molecular weight excluding hydrogens is 358 g/mol. The van der Waals surface area contributed by atoms with E-state index in [1.54, 1.807) is 0 Å². The third-order valence-corrected chi connectivity index (χ3v) is 4.95. The fourth-order valence-corrected chi connectivity index (χ4v) is 4.04. The first-order valence-electron chi connectivity index (χ1n) is 6.06. The molecule has 1 aromatic heterocycles. The molecule has 3 rings (SSSR count). The average Bonchev–Trinajstić information content (AvgIpc) is 2.75. The zero-order valence-electron chi connectivity index (χ0n) is 10.7. The SMILES string of the molecule is Nc1c(C(=O)N2CC(=O)NC(=O)C2)sc2cccc(Br)c12. The summed E-state index contributed by atoms with van der Waals surface area (Å²) in [5.74, 6) is -1.37. The van der Waals surface area contributed by atoms with E-state index < -0.39 is 17.7 Å². The number of anilines is 1. The van der Waals surface area contributed by atoms with Gasteiger partial charge < -0.3 is 10.6 Å². The van der Waals surface area contributed by atoms with Crippen molar-refractivity contribution >= 4 is 60.8 Å². The van der Waals surface area contributed by atoms with E-state index in [1.807, 2.05) is 18.2 Å². The van der Waals surface area contributed by atoms with Crippen LogP contribution in [0.2, 0.25) is 0 Å². The number of piperazine rings is 1. The molecule has 0 aliphatic carbocycles. The summed E-state index contributed by atoms with van der Waals surface area (Å²) in [6.45, 7) is -0.279. The van der Waals surface area contributed by atoms with E-state index in [4.69, 9.17) is 5.73 Å². The van der Waals surface area contributed by atoms with Crippen molar-refractivity contribution < 1.29 is 14.4 Å². The molecule has 0 spiro atoms. The van der Waals surface area contributed by atoms with Gasteiger partial charge in [0.15, 0.2) is 0 Å². The van der Waals surface area contributed by atoms with Gasteiger partial charge in [0.1, 0.15) is 18.0 Å². The Morgan fingerprint density at radius 2 is 1.95 bits per heavy atom. The Kier molecular flexibility index (Phi) is 3.42. The first kappa shape index (κ1) is 14.0. The van der Waals surface area contributed by atoms with Gasteiger partial charge in [0.05, 0.1) is 5.69 Å². The molecule has 3 N–H and O–H groups in total. The van der Waals surface area contributed by atoms with Crippen molar-refractivity contribution in [1.29, 1.82) is 0 Å². The van der Waals surface area contributed by atoms with Crippen molar-refractivity contribution in [3.05, 3.63) is 27.5 Å². The van der Waals surface area contributed by atoms with Crippen LogP contribution in [-0.4, -0.2) is 35.7 Å². The maximum Gasteiger partial charge on any atom is 0.267 e. The number of nitrogens with one attached hydrogen (secondary N) is 1.